The SMILES string of the molecule is O=c1[nH]n(CCCCCCO)c(=O)c2ccccc12. The van der Waals surface area contributed by atoms with Crippen LogP contribution in [0, 0.1) is 0 Å². The van der Waals surface area contributed by atoms with Crippen molar-refractivity contribution >= 4 is 10.8 Å². The molecule has 5 nitrogen and oxygen atoms in total. The van der Waals surface area contributed by atoms with Crippen LogP contribution in [0.2, 0.25) is 0 Å². The minimum atomic E-state index is -0.231. The second-order valence-electron chi connectivity index (χ2n) is 4.58. The lowest BCUT2D eigenvalue weighted by atomic mass is 10.2. The standard InChI is InChI=1S/C14H18N2O3/c17-10-6-2-1-5-9-16-14(19)12-8-4-3-7-11(12)13(18)15-16/h3-4,7-8,17H,1-2,5-6,9-10H2,(H,15,18). The van der Waals surface area contributed by atoms with Crippen molar-refractivity contribution in [3.63, 3.8) is 0 Å². The van der Waals surface area contributed by atoms with Crippen LogP contribution in [-0.4, -0.2) is 21.5 Å². The second kappa shape index (κ2) is 6.33. The Kier molecular flexibility index (Phi) is 4.52. The highest BCUT2D eigenvalue weighted by Gasteiger charge is 2.05. The van der Waals surface area contributed by atoms with E-state index in [-0.39, 0.29) is 17.7 Å². The Hall–Kier alpha value is -1.88. The zero-order chi connectivity index (χ0) is 13.7. The number of aliphatic hydroxyl groups excluding tert-OH is 1. The van der Waals surface area contributed by atoms with Gasteiger partial charge in [-0.2, -0.15) is 0 Å². The number of unbranched alkanes of at least 4 members (excludes halogenated alkanes) is 3. The van der Waals surface area contributed by atoms with E-state index in [1.807, 2.05) is 0 Å². The van der Waals surface area contributed by atoms with Gasteiger partial charge >= 0.3 is 0 Å². The number of hydrogen-bond donors (Lipinski definition) is 2. The van der Waals surface area contributed by atoms with Gasteiger partial charge in [0.15, 0.2) is 0 Å². The number of nitrogens with zero attached hydrogens (tertiary/aromatic N) is 1. The number of rotatable bonds is 6. The van der Waals surface area contributed by atoms with Crippen molar-refractivity contribution in [1.29, 1.82) is 0 Å². The summed E-state index contributed by atoms with van der Waals surface area (Å²) in [5.74, 6) is 0. The lowest BCUT2D eigenvalue weighted by Gasteiger charge is -2.06. The van der Waals surface area contributed by atoms with E-state index in [0.717, 1.165) is 25.7 Å². The summed E-state index contributed by atoms with van der Waals surface area (Å²) >= 11 is 0. The fraction of sp³-hybridized carbons (Fsp3) is 0.429. The van der Waals surface area contributed by atoms with Gasteiger partial charge in [0.05, 0.1) is 10.8 Å². The van der Waals surface area contributed by atoms with Gasteiger partial charge in [0, 0.05) is 13.2 Å². The van der Waals surface area contributed by atoms with Crippen LogP contribution in [0.5, 0.6) is 0 Å². The first-order valence-corrected chi connectivity index (χ1v) is 6.57. The topological polar surface area (TPSA) is 75.1 Å². The third-order valence-corrected chi connectivity index (χ3v) is 3.17. The number of hydrogen-bond acceptors (Lipinski definition) is 3. The van der Waals surface area contributed by atoms with Crippen molar-refractivity contribution in [2.75, 3.05) is 6.61 Å². The Bertz CT molecular complexity index is 658. The Morgan fingerprint density at radius 1 is 1.00 bits per heavy atom. The van der Waals surface area contributed by atoms with Crippen molar-refractivity contribution in [3.8, 4) is 0 Å². The number of fused-ring (bicyclic) bond motifs is 1. The van der Waals surface area contributed by atoms with Crippen LogP contribution in [0.25, 0.3) is 10.8 Å². The van der Waals surface area contributed by atoms with Crippen LogP contribution in [-0.2, 0) is 6.54 Å². The van der Waals surface area contributed by atoms with Gasteiger partial charge in [0.2, 0.25) is 0 Å². The Labute approximate surface area is 110 Å². The number of aromatic nitrogens is 2. The predicted molar refractivity (Wildman–Crippen MR) is 74.4 cm³/mol. The number of H-pyrrole nitrogens is 1. The molecule has 102 valence electrons. The molecule has 0 fully saturated rings. The average molecular weight is 262 g/mol. The summed E-state index contributed by atoms with van der Waals surface area (Å²) in [6.07, 6.45) is 3.46. The summed E-state index contributed by atoms with van der Waals surface area (Å²) < 4.78 is 1.38. The molecule has 0 amide bonds. The predicted octanol–water partition coefficient (Wildman–Crippen LogP) is 1.24. The quantitative estimate of drug-likeness (QED) is 0.769. The molecule has 0 saturated carbocycles. The van der Waals surface area contributed by atoms with Crippen LogP contribution < -0.4 is 11.1 Å². The lowest BCUT2D eigenvalue weighted by molar-refractivity contribution is 0.282. The molecule has 0 atom stereocenters. The van der Waals surface area contributed by atoms with Crippen LogP contribution >= 0.6 is 0 Å². The molecule has 1 aromatic heterocycles. The third kappa shape index (κ3) is 3.12. The molecule has 0 radical (unpaired) electrons. The normalized spacial score (nSPS) is 11.0. The first-order chi connectivity index (χ1) is 9.24. The number of nitrogens with one attached hydrogen (secondary N) is 1. The molecule has 0 aliphatic heterocycles. The van der Waals surface area contributed by atoms with Crippen LogP contribution in [0.15, 0.2) is 33.9 Å². The monoisotopic (exact) mass is 262 g/mol. The molecule has 2 rings (SSSR count). The van der Waals surface area contributed by atoms with Gasteiger partial charge < -0.3 is 5.11 Å². The van der Waals surface area contributed by atoms with Crippen molar-refractivity contribution in [3.05, 3.63) is 45.0 Å². The van der Waals surface area contributed by atoms with Crippen LogP contribution in [0.1, 0.15) is 25.7 Å². The highest BCUT2D eigenvalue weighted by molar-refractivity contribution is 5.80. The smallest absolute Gasteiger partial charge is 0.273 e. The van der Waals surface area contributed by atoms with Gasteiger partial charge in [0.1, 0.15) is 0 Å². The van der Waals surface area contributed by atoms with Crippen LogP contribution in [0.3, 0.4) is 0 Å². The summed E-state index contributed by atoms with van der Waals surface area (Å²) in [5.41, 5.74) is -0.386. The maximum atomic E-state index is 12.2. The molecular weight excluding hydrogens is 244 g/mol. The van der Waals surface area contributed by atoms with Crippen molar-refractivity contribution in [2.24, 2.45) is 0 Å². The number of benzene rings is 1. The fourth-order valence-electron chi connectivity index (χ4n) is 2.14. The second-order valence-corrected chi connectivity index (χ2v) is 4.58. The van der Waals surface area contributed by atoms with Gasteiger partial charge in [-0.3, -0.25) is 14.7 Å². The van der Waals surface area contributed by atoms with Crippen LogP contribution in [0.4, 0.5) is 0 Å². The molecule has 2 aromatic rings. The average Bonchev–Trinajstić information content (AvgIpc) is 2.44. The van der Waals surface area contributed by atoms with Gasteiger partial charge in [-0.25, -0.2) is 4.68 Å². The first-order valence-electron chi connectivity index (χ1n) is 6.57. The summed E-state index contributed by atoms with van der Waals surface area (Å²) in [4.78, 5) is 24.0. The Morgan fingerprint density at radius 2 is 1.68 bits per heavy atom. The maximum Gasteiger partial charge on any atom is 0.273 e. The number of aliphatic hydroxyl groups is 1. The zero-order valence-electron chi connectivity index (χ0n) is 10.8. The molecule has 0 spiro atoms. The molecule has 1 heterocycles. The van der Waals surface area contributed by atoms with E-state index in [4.69, 9.17) is 5.11 Å². The molecule has 0 aliphatic rings. The van der Waals surface area contributed by atoms with E-state index < -0.39 is 0 Å². The van der Waals surface area contributed by atoms with E-state index in [1.165, 1.54) is 4.68 Å². The van der Waals surface area contributed by atoms with E-state index in [0.29, 0.717) is 17.3 Å². The van der Waals surface area contributed by atoms with E-state index in [9.17, 15) is 9.59 Å². The highest BCUT2D eigenvalue weighted by Crippen LogP contribution is 2.04. The van der Waals surface area contributed by atoms with Gasteiger partial charge in [-0.05, 0) is 25.0 Å². The van der Waals surface area contributed by atoms with Crippen molar-refractivity contribution < 1.29 is 5.11 Å². The molecule has 19 heavy (non-hydrogen) atoms. The lowest BCUT2D eigenvalue weighted by Crippen LogP contribution is -2.29. The Balaban J connectivity index is 2.18. The molecule has 5 heteroatoms. The first kappa shape index (κ1) is 13.5. The minimum Gasteiger partial charge on any atom is -0.396 e. The van der Waals surface area contributed by atoms with Gasteiger partial charge in [0.25, 0.3) is 11.1 Å². The molecule has 2 N–H and O–H groups in total. The zero-order valence-corrected chi connectivity index (χ0v) is 10.8. The molecule has 0 bridgehead atoms. The largest absolute Gasteiger partial charge is 0.396 e. The van der Waals surface area contributed by atoms with E-state index in [1.54, 1.807) is 24.3 Å². The van der Waals surface area contributed by atoms with Crippen molar-refractivity contribution in [1.82, 2.24) is 9.78 Å². The van der Waals surface area contributed by atoms with E-state index >= 15 is 0 Å². The van der Waals surface area contributed by atoms with E-state index in [2.05, 4.69) is 5.10 Å². The summed E-state index contributed by atoms with van der Waals surface area (Å²) in [6.45, 7) is 0.705. The van der Waals surface area contributed by atoms with Gasteiger partial charge in [-0.1, -0.05) is 25.0 Å². The molecule has 0 saturated heterocycles. The highest BCUT2D eigenvalue weighted by atomic mass is 16.2. The Morgan fingerprint density at radius 3 is 2.42 bits per heavy atom. The fourth-order valence-corrected chi connectivity index (χ4v) is 2.14. The summed E-state index contributed by atoms with van der Waals surface area (Å²) in [6, 6.07) is 6.83. The molecular formula is C14H18N2O3. The summed E-state index contributed by atoms with van der Waals surface area (Å²) in [7, 11) is 0. The molecule has 0 aliphatic carbocycles. The summed E-state index contributed by atoms with van der Waals surface area (Å²) in [5, 5.41) is 12.2. The molecule has 1 aromatic carbocycles. The van der Waals surface area contributed by atoms with Gasteiger partial charge in [-0.15, -0.1) is 0 Å². The molecule has 0 unspecified atom stereocenters. The third-order valence-electron chi connectivity index (χ3n) is 3.17. The number of aromatic amines is 1. The number of aryl methyl sites for hydroxylation is 1. The van der Waals surface area contributed by atoms with Crippen molar-refractivity contribution in [2.45, 2.75) is 32.2 Å². The maximum absolute atomic E-state index is 12.2. The minimum absolute atomic E-state index is 0.155.